The van der Waals surface area contributed by atoms with Gasteiger partial charge in [0, 0.05) is 12.5 Å². The van der Waals surface area contributed by atoms with E-state index in [9.17, 15) is 0 Å². The van der Waals surface area contributed by atoms with Gasteiger partial charge in [0.2, 0.25) is 0 Å². The van der Waals surface area contributed by atoms with Gasteiger partial charge in [-0.3, -0.25) is 0 Å². The summed E-state index contributed by atoms with van der Waals surface area (Å²) < 4.78 is 10.7. The number of likely N-dealkylation sites (N-methyl/N-ethyl adjacent to an activating group) is 1. The largest absolute Gasteiger partial charge is 0.484 e. The van der Waals surface area contributed by atoms with Crippen LogP contribution in [0.1, 0.15) is 38.0 Å². The average Bonchev–Trinajstić information content (AvgIpc) is 2.95. The van der Waals surface area contributed by atoms with Gasteiger partial charge in [-0.2, -0.15) is 4.98 Å². The second-order valence-electron chi connectivity index (χ2n) is 5.05. The smallest absolute Gasteiger partial charge is 0.264 e. The van der Waals surface area contributed by atoms with Crippen molar-refractivity contribution in [3.63, 3.8) is 0 Å². The van der Waals surface area contributed by atoms with Crippen LogP contribution in [-0.4, -0.2) is 22.7 Å². The molecule has 0 aliphatic carbocycles. The second kappa shape index (κ2) is 7.78. The molecule has 2 aromatic rings. The molecule has 0 amide bonds. The summed E-state index contributed by atoms with van der Waals surface area (Å²) in [6.45, 7) is 7.60. The highest BCUT2D eigenvalue weighted by Crippen LogP contribution is 2.15. The van der Waals surface area contributed by atoms with Crippen LogP contribution in [0.5, 0.6) is 5.75 Å². The first-order valence-corrected chi connectivity index (χ1v) is 7.47. The molecule has 0 fully saturated rings. The maximum absolute atomic E-state index is 5.65. The number of aromatic nitrogens is 2. The van der Waals surface area contributed by atoms with Gasteiger partial charge in [0.25, 0.3) is 5.89 Å². The normalized spacial score (nSPS) is 12.3. The van der Waals surface area contributed by atoms with Crippen molar-refractivity contribution >= 4 is 0 Å². The number of benzene rings is 1. The molecular weight excluding hydrogens is 266 g/mol. The van der Waals surface area contributed by atoms with Gasteiger partial charge in [-0.25, -0.2) is 0 Å². The van der Waals surface area contributed by atoms with E-state index in [1.54, 1.807) is 0 Å². The van der Waals surface area contributed by atoms with Crippen LogP contribution >= 0.6 is 0 Å². The lowest BCUT2D eigenvalue weighted by Gasteiger charge is -2.12. The Morgan fingerprint density at radius 3 is 2.62 bits per heavy atom. The quantitative estimate of drug-likeness (QED) is 0.809. The first-order valence-electron chi connectivity index (χ1n) is 7.47. The van der Waals surface area contributed by atoms with Crippen molar-refractivity contribution in [1.82, 2.24) is 15.5 Å². The van der Waals surface area contributed by atoms with E-state index in [0.717, 1.165) is 25.1 Å². The monoisotopic (exact) mass is 289 g/mol. The Kier molecular flexibility index (Phi) is 5.75. The van der Waals surface area contributed by atoms with Crippen LogP contribution in [0.25, 0.3) is 0 Å². The molecule has 0 spiro atoms. The third kappa shape index (κ3) is 4.86. The van der Waals surface area contributed by atoms with E-state index in [2.05, 4.69) is 41.4 Å². The first kappa shape index (κ1) is 15.5. The van der Waals surface area contributed by atoms with Crippen molar-refractivity contribution in [2.75, 3.05) is 6.54 Å². The molecule has 2 rings (SSSR count). The topological polar surface area (TPSA) is 60.2 Å². The fraction of sp³-hybridized carbons (Fsp3) is 0.500. The summed E-state index contributed by atoms with van der Waals surface area (Å²) in [6.07, 6.45) is 1.78. The van der Waals surface area contributed by atoms with Gasteiger partial charge < -0.3 is 14.6 Å². The van der Waals surface area contributed by atoms with Crippen LogP contribution in [0.15, 0.2) is 28.8 Å². The van der Waals surface area contributed by atoms with E-state index >= 15 is 0 Å². The van der Waals surface area contributed by atoms with Crippen molar-refractivity contribution in [1.29, 1.82) is 0 Å². The fourth-order valence-corrected chi connectivity index (χ4v) is 2.13. The summed E-state index contributed by atoms with van der Waals surface area (Å²) >= 11 is 0. The minimum absolute atomic E-state index is 0.306. The summed E-state index contributed by atoms with van der Waals surface area (Å²) in [6, 6.07) is 8.62. The number of hydrogen-bond donors (Lipinski definition) is 1. The molecule has 1 heterocycles. The lowest BCUT2D eigenvalue weighted by molar-refractivity contribution is 0.242. The third-order valence-corrected chi connectivity index (χ3v) is 3.21. The van der Waals surface area contributed by atoms with Crippen LogP contribution < -0.4 is 10.1 Å². The molecule has 1 aromatic heterocycles. The highest BCUT2D eigenvalue weighted by molar-refractivity contribution is 5.27. The molecule has 1 N–H and O–H groups in total. The standard InChI is InChI=1S/C16H23N3O2/c1-4-15-18-16(21-19-15)11-20-14-8-6-13(7-9-14)10-12(3)17-5-2/h6-9,12,17H,4-5,10-11H2,1-3H3. The lowest BCUT2D eigenvalue weighted by atomic mass is 10.1. The van der Waals surface area contributed by atoms with Crippen LogP contribution in [0.3, 0.4) is 0 Å². The summed E-state index contributed by atoms with van der Waals surface area (Å²) in [5, 5.41) is 7.24. The molecule has 1 aromatic carbocycles. The van der Waals surface area contributed by atoms with Crippen LogP contribution in [0.2, 0.25) is 0 Å². The maximum Gasteiger partial charge on any atom is 0.264 e. The molecule has 5 heteroatoms. The highest BCUT2D eigenvalue weighted by atomic mass is 16.5. The van der Waals surface area contributed by atoms with Gasteiger partial charge in [-0.1, -0.05) is 31.1 Å². The Labute approximate surface area is 125 Å². The molecule has 0 bridgehead atoms. The molecule has 0 radical (unpaired) electrons. The predicted molar refractivity (Wildman–Crippen MR) is 81.3 cm³/mol. The second-order valence-corrected chi connectivity index (χ2v) is 5.05. The van der Waals surface area contributed by atoms with Crippen molar-refractivity contribution < 1.29 is 9.26 Å². The van der Waals surface area contributed by atoms with E-state index in [1.165, 1.54) is 5.56 Å². The van der Waals surface area contributed by atoms with Crippen molar-refractivity contribution in [3.8, 4) is 5.75 Å². The third-order valence-electron chi connectivity index (χ3n) is 3.21. The molecular formula is C16H23N3O2. The van der Waals surface area contributed by atoms with E-state index in [-0.39, 0.29) is 0 Å². The summed E-state index contributed by atoms with van der Waals surface area (Å²) in [4.78, 5) is 4.21. The number of aryl methyl sites for hydroxylation is 1. The number of nitrogens with zero attached hydrogens (tertiary/aromatic N) is 2. The van der Waals surface area contributed by atoms with Gasteiger partial charge >= 0.3 is 0 Å². The molecule has 1 atom stereocenters. The van der Waals surface area contributed by atoms with E-state index in [0.29, 0.717) is 24.4 Å². The number of hydrogen-bond acceptors (Lipinski definition) is 5. The Balaban J connectivity index is 1.84. The van der Waals surface area contributed by atoms with Crippen molar-refractivity contribution in [2.24, 2.45) is 0 Å². The van der Waals surface area contributed by atoms with Crippen LogP contribution in [0, 0.1) is 0 Å². The number of nitrogens with one attached hydrogen (secondary N) is 1. The molecule has 0 saturated carbocycles. The molecule has 0 aliphatic heterocycles. The minimum Gasteiger partial charge on any atom is -0.484 e. The summed E-state index contributed by atoms with van der Waals surface area (Å²) in [5.41, 5.74) is 1.29. The molecule has 0 aliphatic rings. The van der Waals surface area contributed by atoms with Crippen molar-refractivity contribution in [3.05, 3.63) is 41.5 Å². The Morgan fingerprint density at radius 2 is 2.00 bits per heavy atom. The molecule has 114 valence electrons. The molecule has 5 nitrogen and oxygen atoms in total. The Hall–Kier alpha value is -1.88. The van der Waals surface area contributed by atoms with Gasteiger partial charge in [-0.05, 0) is 37.6 Å². The van der Waals surface area contributed by atoms with Gasteiger partial charge in [-0.15, -0.1) is 0 Å². The first-order chi connectivity index (χ1) is 10.2. The zero-order valence-corrected chi connectivity index (χ0v) is 12.9. The molecule has 0 saturated heterocycles. The van der Waals surface area contributed by atoms with Crippen molar-refractivity contribution in [2.45, 2.75) is 46.3 Å². The maximum atomic E-state index is 5.65. The van der Waals surface area contributed by atoms with E-state index in [1.807, 2.05) is 19.1 Å². The average molecular weight is 289 g/mol. The van der Waals surface area contributed by atoms with Gasteiger partial charge in [0.1, 0.15) is 5.75 Å². The number of rotatable bonds is 8. The van der Waals surface area contributed by atoms with Gasteiger partial charge in [0.05, 0.1) is 0 Å². The summed E-state index contributed by atoms with van der Waals surface area (Å²) in [5.74, 6) is 2.03. The zero-order chi connectivity index (χ0) is 15.1. The van der Waals surface area contributed by atoms with Crippen LogP contribution in [-0.2, 0) is 19.4 Å². The highest BCUT2D eigenvalue weighted by Gasteiger charge is 2.06. The van der Waals surface area contributed by atoms with E-state index < -0.39 is 0 Å². The predicted octanol–water partition coefficient (Wildman–Crippen LogP) is 2.75. The Bertz CT molecular complexity index is 537. The summed E-state index contributed by atoms with van der Waals surface area (Å²) in [7, 11) is 0. The zero-order valence-electron chi connectivity index (χ0n) is 12.9. The lowest BCUT2D eigenvalue weighted by Crippen LogP contribution is -2.27. The molecule has 21 heavy (non-hydrogen) atoms. The van der Waals surface area contributed by atoms with Crippen LogP contribution in [0.4, 0.5) is 0 Å². The SMILES string of the molecule is CCNC(C)Cc1ccc(OCc2nc(CC)no2)cc1. The van der Waals surface area contributed by atoms with E-state index in [4.69, 9.17) is 9.26 Å². The minimum atomic E-state index is 0.306. The fourth-order valence-electron chi connectivity index (χ4n) is 2.13. The van der Waals surface area contributed by atoms with Gasteiger partial charge in [0.15, 0.2) is 12.4 Å². The molecule has 1 unspecified atom stereocenters. The number of ether oxygens (including phenoxy) is 1. The Morgan fingerprint density at radius 1 is 1.24 bits per heavy atom.